The van der Waals surface area contributed by atoms with E-state index in [2.05, 4.69) is 19.1 Å². The molecule has 1 atom stereocenters. The van der Waals surface area contributed by atoms with Gasteiger partial charge < -0.3 is 4.74 Å². The van der Waals surface area contributed by atoms with Crippen LogP contribution in [0.3, 0.4) is 0 Å². The van der Waals surface area contributed by atoms with Gasteiger partial charge >= 0.3 is 5.97 Å². The first-order chi connectivity index (χ1) is 6.70. The van der Waals surface area contributed by atoms with Gasteiger partial charge in [0.2, 0.25) is 0 Å². The van der Waals surface area contributed by atoms with E-state index in [1.807, 2.05) is 18.2 Å². The van der Waals surface area contributed by atoms with Crippen LogP contribution >= 0.6 is 0 Å². The van der Waals surface area contributed by atoms with Crippen LogP contribution in [0.4, 0.5) is 0 Å². The number of rotatable bonds is 4. The van der Waals surface area contributed by atoms with Crippen LogP contribution in [0, 0.1) is 0 Å². The van der Waals surface area contributed by atoms with Crippen molar-refractivity contribution in [2.45, 2.75) is 26.2 Å². The van der Waals surface area contributed by atoms with Gasteiger partial charge in [0.15, 0.2) is 0 Å². The lowest BCUT2D eigenvalue weighted by molar-refractivity contribution is -0.141. The third-order valence-electron chi connectivity index (χ3n) is 2.22. The van der Waals surface area contributed by atoms with Crippen LogP contribution in [0.15, 0.2) is 30.3 Å². The fourth-order valence-corrected chi connectivity index (χ4v) is 1.33. The largest absolute Gasteiger partial charge is 0.466 e. The number of benzene rings is 1. The Hall–Kier alpha value is -1.31. The van der Waals surface area contributed by atoms with Crippen LogP contribution in [0.2, 0.25) is 0 Å². The normalized spacial score (nSPS) is 12.1. The van der Waals surface area contributed by atoms with E-state index >= 15 is 0 Å². The summed E-state index contributed by atoms with van der Waals surface area (Å²) in [6, 6.07) is 10.2. The number of hydrogen-bond acceptors (Lipinski definition) is 2. The first-order valence-corrected chi connectivity index (χ1v) is 4.88. The Kier molecular flexibility index (Phi) is 4.17. The predicted octanol–water partition coefficient (Wildman–Crippen LogP) is 2.74. The van der Waals surface area contributed by atoms with Gasteiger partial charge in [0, 0.05) is 6.92 Å². The minimum atomic E-state index is -0.203. The summed E-state index contributed by atoms with van der Waals surface area (Å²) in [4.78, 5) is 10.5. The standard InChI is InChI=1S/C12H16O2/c1-10(8-9-14-11(2)13)12-6-4-3-5-7-12/h3-7,10H,8-9H2,1-2H3/t10-/m1/s1. The van der Waals surface area contributed by atoms with Gasteiger partial charge in [-0.3, -0.25) is 4.79 Å². The van der Waals surface area contributed by atoms with E-state index in [1.54, 1.807) is 0 Å². The lowest BCUT2D eigenvalue weighted by Gasteiger charge is -2.11. The third-order valence-corrected chi connectivity index (χ3v) is 2.22. The number of hydrogen-bond donors (Lipinski definition) is 0. The van der Waals surface area contributed by atoms with Crippen molar-refractivity contribution >= 4 is 5.97 Å². The van der Waals surface area contributed by atoms with Gasteiger partial charge in [-0.2, -0.15) is 0 Å². The third kappa shape index (κ3) is 3.60. The molecule has 0 saturated carbocycles. The molecule has 0 heterocycles. The summed E-state index contributed by atoms with van der Waals surface area (Å²) in [5, 5.41) is 0. The fraction of sp³-hybridized carbons (Fsp3) is 0.417. The van der Waals surface area contributed by atoms with Crippen molar-refractivity contribution in [3.8, 4) is 0 Å². The Bertz CT molecular complexity index is 280. The van der Waals surface area contributed by atoms with E-state index < -0.39 is 0 Å². The van der Waals surface area contributed by atoms with E-state index in [0.717, 1.165) is 6.42 Å². The second kappa shape index (κ2) is 5.43. The van der Waals surface area contributed by atoms with E-state index in [1.165, 1.54) is 12.5 Å². The SMILES string of the molecule is CC(=O)OCC[C@@H](C)c1ccccc1. The minimum Gasteiger partial charge on any atom is -0.466 e. The highest BCUT2D eigenvalue weighted by Crippen LogP contribution is 2.17. The van der Waals surface area contributed by atoms with Gasteiger partial charge in [0.05, 0.1) is 6.61 Å². The average Bonchev–Trinajstić information content (AvgIpc) is 2.18. The second-order valence-corrected chi connectivity index (χ2v) is 3.44. The van der Waals surface area contributed by atoms with Gasteiger partial charge in [-0.15, -0.1) is 0 Å². The zero-order valence-electron chi connectivity index (χ0n) is 8.69. The maximum Gasteiger partial charge on any atom is 0.302 e. The summed E-state index contributed by atoms with van der Waals surface area (Å²) in [6.45, 7) is 4.08. The molecule has 0 amide bonds. The number of carbonyl (C=O) groups is 1. The van der Waals surface area contributed by atoms with Crippen LogP contribution < -0.4 is 0 Å². The molecule has 2 nitrogen and oxygen atoms in total. The van der Waals surface area contributed by atoms with Gasteiger partial charge in [0.1, 0.15) is 0 Å². The quantitative estimate of drug-likeness (QED) is 0.686. The molecule has 0 aliphatic carbocycles. The first-order valence-electron chi connectivity index (χ1n) is 4.88. The Morgan fingerprint density at radius 2 is 2.00 bits per heavy atom. The molecule has 0 saturated heterocycles. The molecule has 0 bridgehead atoms. The molecule has 0 aromatic heterocycles. The van der Waals surface area contributed by atoms with Crippen LogP contribution in [-0.4, -0.2) is 12.6 Å². The van der Waals surface area contributed by atoms with E-state index in [0.29, 0.717) is 12.5 Å². The lowest BCUT2D eigenvalue weighted by atomic mass is 9.98. The van der Waals surface area contributed by atoms with Gasteiger partial charge in [-0.25, -0.2) is 0 Å². The average molecular weight is 192 g/mol. The zero-order chi connectivity index (χ0) is 10.4. The molecule has 0 unspecified atom stereocenters. The molecule has 0 spiro atoms. The fourth-order valence-electron chi connectivity index (χ4n) is 1.33. The molecule has 76 valence electrons. The highest BCUT2D eigenvalue weighted by Gasteiger charge is 2.04. The highest BCUT2D eigenvalue weighted by atomic mass is 16.5. The first kappa shape index (κ1) is 10.8. The molecule has 2 heteroatoms. The highest BCUT2D eigenvalue weighted by molar-refractivity contribution is 5.65. The van der Waals surface area contributed by atoms with Crippen LogP contribution in [0.1, 0.15) is 31.7 Å². The van der Waals surface area contributed by atoms with Crippen molar-refractivity contribution in [3.63, 3.8) is 0 Å². The van der Waals surface area contributed by atoms with Crippen molar-refractivity contribution in [2.75, 3.05) is 6.61 Å². The Labute approximate surface area is 84.9 Å². The lowest BCUT2D eigenvalue weighted by Crippen LogP contribution is -2.04. The predicted molar refractivity (Wildman–Crippen MR) is 56.1 cm³/mol. The summed E-state index contributed by atoms with van der Waals surface area (Å²) >= 11 is 0. The molecule has 0 aliphatic rings. The molecule has 0 aliphatic heterocycles. The summed E-state index contributed by atoms with van der Waals surface area (Å²) in [7, 11) is 0. The van der Waals surface area contributed by atoms with Crippen molar-refractivity contribution in [1.82, 2.24) is 0 Å². The molecule has 0 radical (unpaired) electrons. The zero-order valence-corrected chi connectivity index (χ0v) is 8.69. The number of carbonyl (C=O) groups excluding carboxylic acids is 1. The van der Waals surface area contributed by atoms with E-state index in [9.17, 15) is 4.79 Å². The van der Waals surface area contributed by atoms with Crippen LogP contribution in [0.5, 0.6) is 0 Å². The monoisotopic (exact) mass is 192 g/mol. The van der Waals surface area contributed by atoms with Gasteiger partial charge in [-0.05, 0) is 17.9 Å². The van der Waals surface area contributed by atoms with Gasteiger partial charge in [0.25, 0.3) is 0 Å². The van der Waals surface area contributed by atoms with Crippen molar-refractivity contribution in [2.24, 2.45) is 0 Å². The molecule has 0 N–H and O–H groups in total. The van der Waals surface area contributed by atoms with Crippen molar-refractivity contribution < 1.29 is 9.53 Å². The van der Waals surface area contributed by atoms with Crippen LogP contribution in [0.25, 0.3) is 0 Å². The summed E-state index contributed by atoms with van der Waals surface area (Å²) < 4.78 is 4.90. The Balaban J connectivity index is 2.36. The summed E-state index contributed by atoms with van der Waals surface area (Å²) in [5.41, 5.74) is 1.29. The van der Waals surface area contributed by atoms with E-state index in [4.69, 9.17) is 4.74 Å². The van der Waals surface area contributed by atoms with Crippen molar-refractivity contribution in [3.05, 3.63) is 35.9 Å². The molecule has 1 aromatic carbocycles. The smallest absolute Gasteiger partial charge is 0.302 e. The Morgan fingerprint density at radius 1 is 1.36 bits per heavy atom. The number of ether oxygens (including phenoxy) is 1. The summed E-state index contributed by atoms with van der Waals surface area (Å²) in [6.07, 6.45) is 0.879. The van der Waals surface area contributed by atoms with Crippen LogP contribution in [-0.2, 0) is 9.53 Å². The topological polar surface area (TPSA) is 26.3 Å². The molecule has 0 fully saturated rings. The minimum absolute atomic E-state index is 0.203. The van der Waals surface area contributed by atoms with E-state index in [-0.39, 0.29) is 5.97 Å². The molecule has 1 rings (SSSR count). The second-order valence-electron chi connectivity index (χ2n) is 3.44. The molecular formula is C12H16O2. The molecular weight excluding hydrogens is 176 g/mol. The Morgan fingerprint density at radius 3 is 2.57 bits per heavy atom. The number of esters is 1. The molecule has 1 aromatic rings. The van der Waals surface area contributed by atoms with Crippen molar-refractivity contribution in [1.29, 1.82) is 0 Å². The molecule has 14 heavy (non-hydrogen) atoms. The van der Waals surface area contributed by atoms with Gasteiger partial charge in [-0.1, -0.05) is 37.3 Å². The maximum atomic E-state index is 10.5. The maximum absolute atomic E-state index is 10.5. The summed E-state index contributed by atoms with van der Waals surface area (Å²) in [5.74, 6) is 0.237.